The molecule has 3 nitrogen and oxygen atoms in total. The highest BCUT2D eigenvalue weighted by atomic mass is 16.5. The summed E-state index contributed by atoms with van der Waals surface area (Å²) in [6, 6.07) is 6.75. The highest BCUT2D eigenvalue weighted by molar-refractivity contribution is 5.62. The molecular weight excluding hydrogens is 224 g/mol. The Bertz CT molecular complexity index is 417. The van der Waals surface area contributed by atoms with Crippen LogP contribution in [-0.4, -0.2) is 25.2 Å². The Morgan fingerprint density at radius 2 is 2.11 bits per heavy atom. The third-order valence-corrected chi connectivity index (χ3v) is 3.70. The van der Waals surface area contributed by atoms with Crippen molar-refractivity contribution in [3.63, 3.8) is 0 Å². The van der Waals surface area contributed by atoms with Crippen molar-refractivity contribution in [2.75, 3.05) is 18.0 Å². The van der Waals surface area contributed by atoms with Gasteiger partial charge in [-0.2, -0.15) is 0 Å². The number of nitrogens with zero attached hydrogens (tertiary/aromatic N) is 1. The first-order chi connectivity index (χ1) is 8.52. The molecule has 0 aliphatic carbocycles. The van der Waals surface area contributed by atoms with E-state index < -0.39 is 0 Å². The predicted molar refractivity (Wildman–Crippen MR) is 76.3 cm³/mol. The Balaban J connectivity index is 2.37. The lowest BCUT2D eigenvalue weighted by molar-refractivity contribution is 0.143. The zero-order valence-corrected chi connectivity index (χ0v) is 11.8. The Kier molecular flexibility index (Phi) is 3.81. The van der Waals surface area contributed by atoms with E-state index in [9.17, 15) is 0 Å². The number of ether oxygens (including phenoxy) is 1. The standard InChI is InChI=1S/C15H24N2O/c1-10(2)15-9-17(12(4)8-16)13-6-5-11(3)7-14(13)18-15/h5-7,10,12,15H,8-9,16H2,1-4H3. The number of benzene rings is 1. The van der Waals surface area contributed by atoms with Gasteiger partial charge in [0.05, 0.1) is 12.2 Å². The lowest BCUT2D eigenvalue weighted by Gasteiger charge is -2.41. The zero-order valence-electron chi connectivity index (χ0n) is 11.8. The molecule has 3 heteroatoms. The Labute approximate surface area is 110 Å². The minimum absolute atomic E-state index is 0.244. The molecule has 2 N–H and O–H groups in total. The van der Waals surface area contributed by atoms with Crippen LogP contribution in [0.1, 0.15) is 26.3 Å². The van der Waals surface area contributed by atoms with Crippen LogP contribution in [0, 0.1) is 12.8 Å². The van der Waals surface area contributed by atoms with E-state index in [0.29, 0.717) is 18.5 Å². The average molecular weight is 248 g/mol. The molecule has 2 unspecified atom stereocenters. The Morgan fingerprint density at radius 3 is 2.72 bits per heavy atom. The van der Waals surface area contributed by atoms with E-state index >= 15 is 0 Å². The molecule has 18 heavy (non-hydrogen) atoms. The molecule has 1 aromatic carbocycles. The summed E-state index contributed by atoms with van der Waals surface area (Å²) in [6.07, 6.45) is 0.244. The van der Waals surface area contributed by atoms with Gasteiger partial charge in [-0.25, -0.2) is 0 Å². The molecule has 1 aliphatic heterocycles. The molecular formula is C15H24N2O. The van der Waals surface area contributed by atoms with Gasteiger partial charge in [0.2, 0.25) is 0 Å². The molecule has 0 bridgehead atoms. The molecule has 2 rings (SSSR count). The summed E-state index contributed by atoms with van der Waals surface area (Å²) in [6.45, 7) is 10.3. The van der Waals surface area contributed by atoms with Crippen LogP contribution < -0.4 is 15.4 Å². The van der Waals surface area contributed by atoms with Crippen molar-refractivity contribution in [1.82, 2.24) is 0 Å². The van der Waals surface area contributed by atoms with Gasteiger partial charge in [-0.1, -0.05) is 19.9 Å². The molecule has 0 spiro atoms. The van der Waals surface area contributed by atoms with Crippen molar-refractivity contribution in [3.8, 4) is 5.75 Å². The van der Waals surface area contributed by atoms with E-state index in [2.05, 4.69) is 50.8 Å². The first-order valence-electron chi connectivity index (χ1n) is 6.77. The van der Waals surface area contributed by atoms with Crippen LogP contribution in [-0.2, 0) is 0 Å². The van der Waals surface area contributed by atoms with E-state index in [1.54, 1.807) is 0 Å². The summed E-state index contributed by atoms with van der Waals surface area (Å²) in [5, 5.41) is 0. The van der Waals surface area contributed by atoms with Crippen molar-refractivity contribution in [3.05, 3.63) is 23.8 Å². The molecule has 1 aromatic rings. The largest absolute Gasteiger partial charge is 0.486 e. The summed E-state index contributed by atoms with van der Waals surface area (Å²) >= 11 is 0. The minimum atomic E-state index is 0.244. The van der Waals surface area contributed by atoms with Gasteiger partial charge in [0.25, 0.3) is 0 Å². The van der Waals surface area contributed by atoms with Gasteiger partial charge in [0.1, 0.15) is 11.9 Å². The highest BCUT2D eigenvalue weighted by Gasteiger charge is 2.29. The second-order valence-electron chi connectivity index (χ2n) is 5.61. The van der Waals surface area contributed by atoms with Crippen LogP contribution in [0.15, 0.2) is 18.2 Å². The number of hydrogen-bond donors (Lipinski definition) is 1. The fraction of sp³-hybridized carbons (Fsp3) is 0.600. The third-order valence-electron chi connectivity index (χ3n) is 3.70. The van der Waals surface area contributed by atoms with Gasteiger partial charge in [-0.05, 0) is 37.5 Å². The normalized spacial score (nSPS) is 20.6. The van der Waals surface area contributed by atoms with Crippen molar-refractivity contribution < 1.29 is 4.74 Å². The molecule has 0 saturated heterocycles. The van der Waals surface area contributed by atoms with Gasteiger partial charge in [0, 0.05) is 12.6 Å². The average Bonchev–Trinajstić information content (AvgIpc) is 2.35. The molecule has 100 valence electrons. The lowest BCUT2D eigenvalue weighted by Crippen LogP contribution is -2.49. The van der Waals surface area contributed by atoms with Crippen molar-refractivity contribution in [2.45, 2.75) is 39.8 Å². The van der Waals surface area contributed by atoms with E-state index in [-0.39, 0.29) is 6.10 Å². The maximum Gasteiger partial charge on any atom is 0.143 e. The van der Waals surface area contributed by atoms with Crippen LogP contribution in [0.2, 0.25) is 0 Å². The first kappa shape index (κ1) is 13.2. The predicted octanol–water partition coefficient (Wildman–Crippen LogP) is 2.57. The van der Waals surface area contributed by atoms with E-state index in [1.807, 2.05) is 0 Å². The monoisotopic (exact) mass is 248 g/mol. The Hall–Kier alpha value is -1.22. The second kappa shape index (κ2) is 5.19. The molecule has 0 amide bonds. The quantitative estimate of drug-likeness (QED) is 0.893. The molecule has 1 heterocycles. The summed E-state index contributed by atoms with van der Waals surface area (Å²) in [5.74, 6) is 1.51. The van der Waals surface area contributed by atoms with Crippen LogP contribution >= 0.6 is 0 Å². The van der Waals surface area contributed by atoms with Crippen molar-refractivity contribution in [1.29, 1.82) is 0 Å². The smallest absolute Gasteiger partial charge is 0.143 e. The minimum Gasteiger partial charge on any atom is -0.486 e. The van der Waals surface area contributed by atoms with Crippen LogP contribution in [0.4, 0.5) is 5.69 Å². The van der Waals surface area contributed by atoms with Crippen molar-refractivity contribution >= 4 is 5.69 Å². The van der Waals surface area contributed by atoms with Crippen LogP contribution in [0.5, 0.6) is 5.75 Å². The van der Waals surface area contributed by atoms with Gasteiger partial charge < -0.3 is 15.4 Å². The number of fused-ring (bicyclic) bond motifs is 1. The van der Waals surface area contributed by atoms with Crippen LogP contribution in [0.25, 0.3) is 0 Å². The maximum absolute atomic E-state index is 6.12. The number of hydrogen-bond acceptors (Lipinski definition) is 3. The molecule has 1 aliphatic rings. The topological polar surface area (TPSA) is 38.5 Å². The van der Waals surface area contributed by atoms with Gasteiger partial charge in [-0.3, -0.25) is 0 Å². The molecule has 0 saturated carbocycles. The number of anilines is 1. The fourth-order valence-corrected chi connectivity index (χ4v) is 2.34. The molecule has 2 atom stereocenters. The summed E-state index contributed by atoms with van der Waals surface area (Å²) in [4.78, 5) is 2.38. The zero-order chi connectivity index (χ0) is 13.3. The van der Waals surface area contributed by atoms with Gasteiger partial charge in [0.15, 0.2) is 0 Å². The molecule has 0 aromatic heterocycles. The highest BCUT2D eigenvalue weighted by Crippen LogP contribution is 2.36. The number of rotatable bonds is 3. The number of aryl methyl sites for hydroxylation is 1. The maximum atomic E-state index is 6.12. The SMILES string of the molecule is Cc1ccc2c(c1)OC(C(C)C)CN2C(C)CN. The van der Waals surface area contributed by atoms with E-state index in [4.69, 9.17) is 10.5 Å². The van der Waals surface area contributed by atoms with Gasteiger partial charge in [-0.15, -0.1) is 0 Å². The van der Waals surface area contributed by atoms with Crippen LogP contribution in [0.3, 0.4) is 0 Å². The number of nitrogens with two attached hydrogens (primary N) is 1. The Morgan fingerprint density at radius 1 is 1.39 bits per heavy atom. The fourth-order valence-electron chi connectivity index (χ4n) is 2.34. The second-order valence-corrected chi connectivity index (χ2v) is 5.61. The van der Waals surface area contributed by atoms with E-state index in [0.717, 1.165) is 12.3 Å². The van der Waals surface area contributed by atoms with Gasteiger partial charge >= 0.3 is 0 Å². The summed E-state index contributed by atoms with van der Waals surface area (Å²) in [5.41, 5.74) is 8.24. The third kappa shape index (κ3) is 2.46. The van der Waals surface area contributed by atoms with E-state index in [1.165, 1.54) is 11.3 Å². The van der Waals surface area contributed by atoms with Crippen molar-refractivity contribution in [2.24, 2.45) is 11.7 Å². The molecule has 0 radical (unpaired) electrons. The summed E-state index contributed by atoms with van der Waals surface area (Å²) in [7, 11) is 0. The first-order valence-corrected chi connectivity index (χ1v) is 6.77. The summed E-state index contributed by atoms with van der Waals surface area (Å²) < 4.78 is 6.12. The molecule has 0 fully saturated rings. The lowest BCUT2D eigenvalue weighted by atomic mass is 10.0.